The highest BCUT2D eigenvalue weighted by Crippen LogP contribution is 2.32. The Bertz CT molecular complexity index is 1580. The van der Waals surface area contributed by atoms with Crippen LogP contribution in [0.25, 0.3) is 11.3 Å². The third-order valence-electron chi connectivity index (χ3n) is 8.79. The van der Waals surface area contributed by atoms with E-state index in [4.69, 9.17) is 22.4 Å². The first-order valence-corrected chi connectivity index (χ1v) is 17.3. The van der Waals surface area contributed by atoms with Crippen LogP contribution in [0.15, 0.2) is 42.5 Å². The molecule has 0 unspecified atom stereocenters. The number of primary amides is 1. The summed E-state index contributed by atoms with van der Waals surface area (Å²) in [5.74, 6) is 8.73. The van der Waals surface area contributed by atoms with Gasteiger partial charge in [-0.3, -0.25) is 9.48 Å². The molecule has 0 aliphatic carbocycles. The van der Waals surface area contributed by atoms with Crippen molar-refractivity contribution in [3.63, 3.8) is 0 Å². The molecule has 236 valence electrons. The zero-order chi connectivity index (χ0) is 31.2. The number of rotatable bonds is 8. The number of carbonyl (C=O) groups excluding carboxylic acids is 2. The van der Waals surface area contributed by atoms with E-state index in [1.54, 1.807) is 17.0 Å². The van der Waals surface area contributed by atoms with Crippen LogP contribution in [0.3, 0.4) is 0 Å². The number of hydrogen-bond acceptors (Lipinski definition) is 6. The highest BCUT2D eigenvalue weighted by atomic mass is 35.5. The quantitative estimate of drug-likeness (QED) is 0.320. The molecular formula is C34H40ClN7O2S. The summed E-state index contributed by atoms with van der Waals surface area (Å²) in [5.41, 5.74) is 11.7. The number of halogens is 1. The molecule has 9 nitrogen and oxygen atoms in total. The Balaban J connectivity index is 1.19. The molecule has 4 N–H and O–H groups in total. The summed E-state index contributed by atoms with van der Waals surface area (Å²) in [6.45, 7) is 6.85. The van der Waals surface area contributed by atoms with Crippen LogP contribution in [0.1, 0.15) is 52.0 Å². The number of benzene rings is 2. The van der Waals surface area contributed by atoms with E-state index in [0.29, 0.717) is 41.8 Å². The summed E-state index contributed by atoms with van der Waals surface area (Å²) in [7, 11) is 0. The minimum atomic E-state index is -0.417. The van der Waals surface area contributed by atoms with Gasteiger partial charge in [0.1, 0.15) is 0 Å². The van der Waals surface area contributed by atoms with Gasteiger partial charge < -0.3 is 26.2 Å². The number of thioether (sulfide) groups is 1. The second-order valence-corrected chi connectivity index (χ2v) is 13.5. The summed E-state index contributed by atoms with van der Waals surface area (Å²) in [6.07, 6.45) is 3.98. The van der Waals surface area contributed by atoms with Gasteiger partial charge in [-0.1, -0.05) is 29.5 Å². The molecule has 1 atom stereocenters. The zero-order valence-corrected chi connectivity index (χ0v) is 27.1. The standard InChI is InChI=1S/C34H40ClN7O2S/c35-30-11-10-27(21-26(30)9-6-24-4-7-25(8-5-24)33(43)38-22-28-3-1-13-37-28)32-29-23-41(34(36)44)16-12-31(29)42(39-32)15-2-14-40-17-19-45-20-18-40/h4-5,7-8,10-11,21,28,37H,1-3,12-20,22-23H2,(H2,36,44)(H,38,43)/t28-/m0/s1. The maximum atomic E-state index is 12.6. The van der Waals surface area contributed by atoms with Crippen LogP contribution in [-0.4, -0.2) is 88.3 Å². The smallest absolute Gasteiger partial charge is 0.315 e. The van der Waals surface area contributed by atoms with Crippen LogP contribution in [0, 0.1) is 11.8 Å². The number of aromatic nitrogens is 2. The Kier molecular flexibility index (Phi) is 10.3. The number of aryl methyl sites for hydroxylation is 1. The average molecular weight is 646 g/mol. The van der Waals surface area contributed by atoms with Gasteiger partial charge in [0.05, 0.1) is 17.3 Å². The van der Waals surface area contributed by atoms with E-state index in [2.05, 4.69) is 32.1 Å². The van der Waals surface area contributed by atoms with E-state index >= 15 is 0 Å². The number of hydrogen-bond donors (Lipinski definition) is 3. The van der Waals surface area contributed by atoms with E-state index in [0.717, 1.165) is 80.8 Å². The number of nitrogens with one attached hydrogen (secondary N) is 2. The van der Waals surface area contributed by atoms with Gasteiger partial charge in [0.15, 0.2) is 0 Å². The molecule has 0 spiro atoms. The molecule has 4 heterocycles. The molecule has 2 saturated heterocycles. The molecular weight excluding hydrogens is 606 g/mol. The van der Waals surface area contributed by atoms with E-state index < -0.39 is 6.03 Å². The molecule has 2 aromatic carbocycles. The average Bonchev–Trinajstić information content (AvgIpc) is 3.72. The SMILES string of the molecule is NC(=O)N1CCc2c(c(-c3ccc(Cl)c(C#Cc4ccc(C(=O)NC[C@@H]5CCCN5)cc4)c3)nn2CCCN2CCSCC2)C1. The summed E-state index contributed by atoms with van der Waals surface area (Å²) >= 11 is 8.62. The van der Waals surface area contributed by atoms with Gasteiger partial charge in [-0.2, -0.15) is 16.9 Å². The Morgan fingerprint density at radius 2 is 1.91 bits per heavy atom. The van der Waals surface area contributed by atoms with Crippen LogP contribution in [0.5, 0.6) is 0 Å². The fourth-order valence-corrected chi connectivity index (χ4v) is 7.37. The molecule has 0 radical (unpaired) electrons. The fourth-order valence-electron chi connectivity index (χ4n) is 6.23. The number of carbonyl (C=O) groups is 2. The van der Waals surface area contributed by atoms with E-state index in [1.807, 2.05) is 42.1 Å². The van der Waals surface area contributed by atoms with Crippen molar-refractivity contribution in [2.75, 3.05) is 50.8 Å². The van der Waals surface area contributed by atoms with Crippen molar-refractivity contribution in [3.8, 4) is 23.1 Å². The van der Waals surface area contributed by atoms with Crippen LogP contribution < -0.4 is 16.4 Å². The van der Waals surface area contributed by atoms with Gasteiger partial charge in [0.25, 0.3) is 5.91 Å². The van der Waals surface area contributed by atoms with Crippen molar-refractivity contribution in [1.82, 2.24) is 30.2 Å². The highest BCUT2D eigenvalue weighted by molar-refractivity contribution is 7.99. The molecule has 0 bridgehead atoms. The Hall–Kier alpha value is -3.49. The molecule has 45 heavy (non-hydrogen) atoms. The number of amides is 3. The Labute approximate surface area is 274 Å². The summed E-state index contributed by atoms with van der Waals surface area (Å²) in [4.78, 5) is 28.9. The van der Waals surface area contributed by atoms with Gasteiger partial charge in [-0.15, -0.1) is 0 Å². The summed E-state index contributed by atoms with van der Waals surface area (Å²) < 4.78 is 2.13. The molecule has 3 aromatic rings. The van der Waals surface area contributed by atoms with E-state index in [9.17, 15) is 9.59 Å². The van der Waals surface area contributed by atoms with Crippen LogP contribution in [-0.2, 0) is 19.5 Å². The Morgan fingerprint density at radius 3 is 2.67 bits per heavy atom. The molecule has 11 heteroatoms. The lowest BCUT2D eigenvalue weighted by molar-refractivity contribution is 0.0950. The maximum absolute atomic E-state index is 12.6. The number of nitrogens with two attached hydrogens (primary N) is 1. The van der Waals surface area contributed by atoms with E-state index in [1.165, 1.54) is 17.2 Å². The van der Waals surface area contributed by atoms with Crippen molar-refractivity contribution >= 4 is 35.3 Å². The second kappa shape index (κ2) is 14.7. The minimum absolute atomic E-state index is 0.0813. The number of urea groups is 1. The number of fused-ring (bicyclic) bond motifs is 1. The summed E-state index contributed by atoms with van der Waals surface area (Å²) in [5, 5.41) is 12.0. The first-order valence-electron chi connectivity index (χ1n) is 15.8. The largest absolute Gasteiger partial charge is 0.351 e. The van der Waals surface area contributed by atoms with Crippen molar-refractivity contribution < 1.29 is 9.59 Å². The molecule has 3 amide bonds. The topological polar surface area (TPSA) is 109 Å². The molecule has 3 aliphatic heterocycles. The molecule has 2 fully saturated rings. The lowest BCUT2D eigenvalue weighted by atomic mass is 9.99. The third kappa shape index (κ3) is 7.85. The van der Waals surface area contributed by atoms with E-state index in [-0.39, 0.29) is 5.91 Å². The molecule has 3 aliphatic rings. The fraction of sp³-hybridized carbons (Fsp3) is 0.441. The maximum Gasteiger partial charge on any atom is 0.315 e. The van der Waals surface area contributed by atoms with Gasteiger partial charge >= 0.3 is 6.03 Å². The lowest BCUT2D eigenvalue weighted by Gasteiger charge is -2.27. The zero-order valence-electron chi connectivity index (χ0n) is 25.5. The predicted molar refractivity (Wildman–Crippen MR) is 181 cm³/mol. The van der Waals surface area contributed by atoms with Gasteiger partial charge in [0.2, 0.25) is 0 Å². The van der Waals surface area contributed by atoms with Crippen molar-refractivity contribution in [2.45, 2.75) is 44.8 Å². The van der Waals surface area contributed by atoms with Crippen LogP contribution in [0.2, 0.25) is 5.02 Å². The molecule has 1 aromatic heterocycles. The minimum Gasteiger partial charge on any atom is -0.351 e. The first kappa shape index (κ1) is 31.5. The monoisotopic (exact) mass is 645 g/mol. The van der Waals surface area contributed by atoms with Gasteiger partial charge in [-0.25, -0.2) is 4.79 Å². The van der Waals surface area contributed by atoms with Crippen molar-refractivity contribution in [1.29, 1.82) is 0 Å². The van der Waals surface area contributed by atoms with Gasteiger partial charge in [0, 0.05) is 90.2 Å². The van der Waals surface area contributed by atoms with Crippen LogP contribution in [0.4, 0.5) is 4.79 Å². The third-order valence-corrected chi connectivity index (χ3v) is 10.1. The Morgan fingerprint density at radius 1 is 1.09 bits per heavy atom. The highest BCUT2D eigenvalue weighted by Gasteiger charge is 2.27. The first-order chi connectivity index (χ1) is 21.9. The summed E-state index contributed by atoms with van der Waals surface area (Å²) in [6, 6.07) is 13.0. The van der Waals surface area contributed by atoms with Crippen molar-refractivity contribution in [3.05, 3.63) is 75.4 Å². The van der Waals surface area contributed by atoms with Crippen LogP contribution >= 0.6 is 23.4 Å². The lowest BCUT2D eigenvalue weighted by Crippen LogP contribution is -2.39. The normalized spacial score (nSPS) is 18.2. The predicted octanol–water partition coefficient (Wildman–Crippen LogP) is 3.96. The second-order valence-electron chi connectivity index (χ2n) is 11.8. The van der Waals surface area contributed by atoms with Crippen molar-refractivity contribution in [2.24, 2.45) is 5.73 Å². The number of nitrogens with zero attached hydrogens (tertiary/aromatic N) is 4. The molecule has 6 rings (SSSR count). The molecule has 0 saturated carbocycles. The van der Waals surface area contributed by atoms with Gasteiger partial charge in [-0.05, 0) is 68.8 Å².